The fraction of sp³-hybridized carbons (Fsp3) is 0.278. The molecule has 0 atom stereocenters. The van der Waals surface area contributed by atoms with Gasteiger partial charge in [-0.1, -0.05) is 30.3 Å². The van der Waals surface area contributed by atoms with Crippen LogP contribution in [0.25, 0.3) is 0 Å². The Bertz CT molecular complexity index is 671. The van der Waals surface area contributed by atoms with Crippen molar-refractivity contribution in [2.75, 3.05) is 13.7 Å². The van der Waals surface area contributed by atoms with Gasteiger partial charge in [-0.05, 0) is 18.1 Å². The zero-order valence-electron chi connectivity index (χ0n) is 13.5. The number of amides is 1. The van der Waals surface area contributed by atoms with Crippen LogP contribution in [0.1, 0.15) is 28.8 Å². The molecule has 6 nitrogen and oxygen atoms in total. The molecule has 0 aliphatic carbocycles. The number of pyridine rings is 1. The molecule has 0 aliphatic heterocycles. The monoisotopic (exact) mass is 328 g/mol. The fourth-order valence-corrected chi connectivity index (χ4v) is 2.29. The average molecular weight is 328 g/mol. The number of ether oxygens (including phenoxy) is 1. The molecule has 2 aromatic rings. The highest BCUT2D eigenvalue weighted by molar-refractivity contribution is 5.94. The van der Waals surface area contributed by atoms with Gasteiger partial charge in [0.05, 0.1) is 12.7 Å². The van der Waals surface area contributed by atoms with Crippen LogP contribution in [-0.2, 0) is 11.3 Å². The number of hydrogen-bond acceptors (Lipinski definition) is 4. The topological polar surface area (TPSA) is 79.7 Å². The summed E-state index contributed by atoms with van der Waals surface area (Å²) in [6.07, 6.45) is 1.90. The molecule has 0 saturated carbocycles. The Balaban J connectivity index is 2.12. The number of carboxylic acids is 1. The smallest absolute Gasteiger partial charge is 0.303 e. The molecule has 1 heterocycles. The average Bonchev–Trinajstić information content (AvgIpc) is 2.61. The number of carbonyl (C=O) groups is 2. The molecule has 6 heteroatoms. The minimum absolute atomic E-state index is 0.0272. The molecule has 1 N–H and O–H groups in total. The number of benzene rings is 1. The standard InChI is InChI=1S/C18H20N2O4/c1-24-16-10-9-15(12-19-16)18(23)20(11-5-8-17(21)22)13-14-6-3-2-4-7-14/h2-4,6-7,9-10,12H,5,8,11,13H2,1H3,(H,21,22). The van der Waals surface area contributed by atoms with Crippen LogP contribution in [0.5, 0.6) is 5.88 Å². The second-order valence-corrected chi connectivity index (χ2v) is 5.30. The Morgan fingerprint density at radius 2 is 1.92 bits per heavy atom. The largest absolute Gasteiger partial charge is 0.481 e. The maximum Gasteiger partial charge on any atom is 0.303 e. The molecule has 1 aromatic carbocycles. The van der Waals surface area contributed by atoms with E-state index in [1.807, 2.05) is 30.3 Å². The van der Waals surface area contributed by atoms with Crippen molar-refractivity contribution in [2.24, 2.45) is 0 Å². The zero-order valence-corrected chi connectivity index (χ0v) is 13.5. The van der Waals surface area contributed by atoms with Crippen LogP contribution in [-0.4, -0.2) is 40.5 Å². The third kappa shape index (κ3) is 5.08. The molecule has 0 saturated heterocycles. The molecule has 1 aromatic heterocycles. The molecule has 0 aliphatic rings. The van der Waals surface area contributed by atoms with E-state index < -0.39 is 5.97 Å². The van der Waals surface area contributed by atoms with Crippen LogP contribution >= 0.6 is 0 Å². The molecule has 0 radical (unpaired) electrons. The maximum atomic E-state index is 12.7. The third-order valence-corrected chi connectivity index (χ3v) is 3.51. The first-order valence-electron chi connectivity index (χ1n) is 7.65. The van der Waals surface area contributed by atoms with Gasteiger partial charge in [0.2, 0.25) is 5.88 Å². The van der Waals surface area contributed by atoms with E-state index in [0.29, 0.717) is 31.0 Å². The Morgan fingerprint density at radius 3 is 2.50 bits per heavy atom. The van der Waals surface area contributed by atoms with Gasteiger partial charge < -0.3 is 14.7 Å². The summed E-state index contributed by atoms with van der Waals surface area (Å²) in [5.41, 5.74) is 1.43. The van der Waals surface area contributed by atoms with Gasteiger partial charge in [-0.15, -0.1) is 0 Å². The first-order chi connectivity index (χ1) is 11.6. The number of aromatic nitrogens is 1. The lowest BCUT2D eigenvalue weighted by Gasteiger charge is -2.22. The van der Waals surface area contributed by atoms with Gasteiger partial charge in [0, 0.05) is 31.8 Å². The Morgan fingerprint density at radius 1 is 1.17 bits per heavy atom. The quantitative estimate of drug-likeness (QED) is 0.806. The van der Waals surface area contributed by atoms with E-state index in [1.54, 1.807) is 17.0 Å². The van der Waals surface area contributed by atoms with E-state index in [-0.39, 0.29) is 12.3 Å². The van der Waals surface area contributed by atoms with Crippen LogP contribution in [0, 0.1) is 0 Å². The molecule has 126 valence electrons. The summed E-state index contributed by atoms with van der Waals surface area (Å²) in [6.45, 7) is 0.789. The van der Waals surface area contributed by atoms with Crippen molar-refractivity contribution in [1.82, 2.24) is 9.88 Å². The van der Waals surface area contributed by atoms with Gasteiger partial charge in [-0.2, -0.15) is 0 Å². The van der Waals surface area contributed by atoms with Gasteiger partial charge in [0.25, 0.3) is 5.91 Å². The summed E-state index contributed by atoms with van der Waals surface area (Å²) in [5.74, 6) is -0.611. The molecule has 0 unspecified atom stereocenters. The van der Waals surface area contributed by atoms with Crippen molar-refractivity contribution in [3.63, 3.8) is 0 Å². The Hall–Kier alpha value is -2.89. The normalized spacial score (nSPS) is 10.2. The molecule has 24 heavy (non-hydrogen) atoms. The van der Waals surface area contributed by atoms with Crippen LogP contribution in [0.3, 0.4) is 0 Å². The number of carbonyl (C=O) groups excluding carboxylic acids is 1. The molecule has 1 amide bonds. The number of carboxylic acid groups (broad SMARTS) is 1. The lowest BCUT2D eigenvalue weighted by Crippen LogP contribution is -2.32. The van der Waals surface area contributed by atoms with Crippen molar-refractivity contribution in [3.05, 3.63) is 59.8 Å². The minimum Gasteiger partial charge on any atom is -0.481 e. The zero-order chi connectivity index (χ0) is 17.4. The van der Waals surface area contributed by atoms with Crippen LogP contribution < -0.4 is 4.74 Å². The number of rotatable bonds is 8. The SMILES string of the molecule is COc1ccc(C(=O)N(CCCC(=O)O)Cc2ccccc2)cn1. The molecule has 0 fully saturated rings. The van der Waals surface area contributed by atoms with Crippen LogP contribution in [0.2, 0.25) is 0 Å². The van der Waals surface area contributed by atoms with Crippen molar-refractivity contribution in [1.29, 1.82) is 0 Å². The summed E-state index contributed by atoms with van der Waals surface area (Å²) in [6, 6.07) is 12.9. The molecule has 0 spiro atoms. The maximum absolute atomic E-state index is 12.7. The highest BCUT2D eigenvalue weighted by atomic mass is 16.5. The summed E-state index contributed by atoms with van der Waals surface area (Å²) in [4.78, 5) is 29.1. The van der Waals surface area contributed by atoms with Crippen molar-refractivity contribution in [3.8, 4) is 5.88 Å². The van der Waals surface area contributed by atoms with E-state index in [4.69, 9.17) is 9.84 Å². The van der Waals surface area contributed by atoms with Crippen molar-refractivity contribution < 1.29 is 19.4 Å². The minimum atomic E-state index is -0.867. The lowest BCUT2D eigenvalue weighted by atomic mass is 10.1. The second-order valence-electron chi connectivity index (χ2n) is 5.30. The molecule has 0 bridgehead atoms. The van der Waals surface area contributed by atoms with E-state index in [1.165, 1.54) is 13.3 Å². The van der Waals surface area contributed by atoms with Crippen LogP contribution in [0.4, 0.5) is 0 Å². The highest BCUT2D eigenvalue weighted by Gasteiger charge is 2.17. The third-order valence-electron chi connectivity index (χ3n) is 3.51. The summed E-state index contributed by atoms with van der Waals surface area (Å²) < 4.78 is 5.00. The molecule has 2 rings (SSSR count). The van der Waals surface area contributed by atoms with Crippen molar-refractivity contribution >= 4 is 11.9 Å². The number of methoxy groups -OCH3 is 1. The molecular formula is C18H20N2O4. The van der Waals surface area contributed by atoms with Gasteiger partial charge in [-0.3, -0.25) is 9.59 Å². The van der Waals surface area contributed by atoms with Crippen molar-refractivity contribution in [2.45, 2.75) is 19.4 Å². The number of aliphatic carboxylic acids is 1. The van der Waals surface area contributed by atoms with E-state index in [9.17, 15) is 9.59 Å². The fourth-order valence-electron chi connectivity index (χ4n) is 2.29. The van der Waals surface area contributed by atoms with E-state index >= 15 is 0 Å². The second kappa shape index (κ2) is 8.67. The number of hydrogen-bond donors (Lipinski definition) is 1. The van der Waals surface area contributed by atoms with Gasteiger partial charge in [0.15, 0.2) is 0 Å². The Kier molecular flexibility index (Phi) is 6.31. The van der Waals surface area contributed by atoms with Gasteiger partial charge >= 0.3 is 5.97 Å². The van der Waals surface area contributed by atoms with Gasteiger partial charge in [-0.25, -0.2) is 4.98 Å². The first kappa shape index (κ1) is 17.5. The lowest BCUT2D eigenvalue weighted by molar-refractivity contribution is -0.137. The van der Waals surface area contributed by atoms with E-state index in [2.05, 4.69) is 4.98 Å². The summed E-state index contributed by atoms with van der Waals surface area (Å²) in [7, 11) is 1.51. The Labute approximate surface area is 140 Å². The first-order valence-corrected chi connectivity index (χ1v) is 7.65. The summed E-state index contributed by atoms with van der Waals surface area (Å²) in [5, 5.41) is 8.80. The summed E-state index contributed by atoms with van der Waals surface area (Å²) >= 11 is 0. The van der Waals surface area contributed by atoms with E-state index in [0.717, 1.165) is 5.56 Å². The predicted octanol–water partition coefficient (Wildman–Crippen LogP) is 2.60. The van der Waals surface area contributed by atoms with Crippen LogP contribution in [0.15, 0.2) is 48.7 Å². The number of nitrogens with zero attached hydrogens (tertiary/aromatic N) is 2. The molecular weight excluding hydrogens is 308 g/mol. The van der Waals surface area contributed by atoms with Gasteiger partial charge in [0.1, 0.15) is 0 Å². The predicted molar refractivity (Wildman–Crippen MR) is 88.8 cm³/mol. The highest BCUT2D eigenvalue weighted by Crippen LogP contribution is 2.13.